The highest BCUT2D eigenvalue weighted by molar-refractivity contribution is 9.10. The van der Waals surface area contributed by atoms with Crippen molar-refractivity contribution in [1.82, 2.24) is 0 Å². The van der Waals surface area contributed by atoms with E-state index in [4.69, 9.17) is 0 Å². The van der Waals surface area contributed by atoms with E-state index in [1.54, 1.807) is 0 Å². The van der Waals surface area contributed by atoms with Gasteiger partial charge >= 0.3 is 0 Å². The Morgan fingerprint density at radius 3 is 2.00 bits per heavy atom. The van der Waals surface area contributed by atoms with Crippen LogP contribution in [0, 0.1) is 0 Å². The highest BCUT2D eigenvalue weighted by Gasteiger charge is 2.53. The molecule has 3 aliphatic carbocycles. The fourth-order valence-electron chi connectivity index (χ4n) is 6.89. The second-order valence-electron chi connectivity index (χ2n) is 9.35. The molecule has 5 aromatic carbocycles. The largest absolute Gasteiger partial charge is 0.0728 e. The molecule has 0 N–H and O–H groups in total. The van der Waals surface area contributed by atoms with Gasteiger partial charge in [0.15, 0.2) is 0 Å². The molecule has 0 heterocycles. The van der Waals surface area contributed by atoms with Crippen LogP contribution >= 0.6 is 15.9 Å². The van der Waals surface area contributed by atoms with Gasteiger partial charge in [-0.15, -0.1) is 0 Å². The maximum atomic E-state index is 3.91. The zero-order valence-electron chi connectivity index (χ0n) is 17.9. The Kier molecular flexibility index (Phi) is 3.35. The van der Waals surface area contributed by atoms with Gasteiger partial charge in [0.25, 0.3) is 0 Å². The van der Waals surface area contributed by atoms with Gasteiger partial charge in [0, 0.05) is 10.0 Å². The fraction of sp³-hybridized carbons (Fsp3) is 0.0625. The Labute approximate surface area is 201 Å². The van der Waals surface area contributed by atoms with Gasteiger partial charge in [-0.3, -0.25) is 0 Å². The Morgan fingerprint density at radius 1 is 0.515 bits per heavy atom. The van der Waals surface area contributed by atoms with Crippen LogP contribution in [0.1, 0.15) is 33.4 Å². The van der Waals surface area contributed by atoms with Crippen LogP contribution in [0.3, 0.4) is 0 Å². The van der Waals surface area contributed by atoms with Gasteiger partial charge in [-0.1, -0.05) is 113 Å². The maximum Gasteiger partial charge on any atom is 0.0728 e. The molecule has 3 aliphatic rings. The van der Waals surface area contributed by atoms with Crippen molar-refractivity contribution in [3.8, 4) is 33.4 Å². The summed E-state index contributed by atoms with van der Waals surface area (Å²) in [5.74, 6) is 0. The van der Waals surface area contributed by atoms with E-state index in [-0.39, 0.29) is 5.41 Å². The molecule has 1 atom stereocenters. The van der Waals surface area contributed by atoms with Crippen molar-refractivity contribution in [1.29, 1.82) is 0 Å². The van der Waals surface area contributed by atoms with Crippen LogP contribution in [-0.4, -0.2) is 0 Å². The molecule has 0 radical (unpaired) electrons. The van der Waals surface area contributed by atoms with Crippen LogP contribution in [-0.2, 0) is 11.8 Å². The number of hydrogen-bond donors (Lipinski definition) is 0. The third kappa shape index (κ3) is 2.00. The third-order valence-electron chi connectivity index (χ3n) is 8.00. The van der Waals surface area contributed by atoms with Gasteiger partial charge in [0.1, 0.15) is 0 Å². The number of benzene rings is 5. The average Bonchev–Trinajstić information content (AvgIpc) is 3.48. The van der Waals surface area contributed by atoms with E-state index in [9.17, 15) is 0 Å². The predicted molar refractivity (Wildman–Crippen MR) is 139 cm³/mol. The second-order valence-corrected chi connectivity index (χ2v) is 10.2. The SMILES string of the molecule is Brc1cccc2c1-c1ccccc1C21c2ccccc2-c2ccc3c(c21)Cc1ccccc1-3. The summed E-state index contributed by atoms with van der Waals surface area (Å²) in [4.78, 5) is 0. The molecular weight excluding hydrogens is 464 g/mol. The summed E-state index contributed by atoms with van der Waals surface area (Å²) in [6, 6.07) is 38.5. The van der Waals surface area contributed by atoms with Gasteiger partial charge in [0.2, 0.25) is 0 Å². The molecule has 1 heteroatoms. The zero-order chi connectivity index (χ0) is 21.7. The number of fused-ring (bicyclic) bond motifs is 14. The molecule has 0 nitrogen and oxygen atoms in total. The lowest BCUT2D eigenvalue weighted by molar-refractivity contribution is 0.783. The van der Waals surface area contributed by atoms with Gasteiger partial charge in [-0.05, 0) is 73.7 Å². The summed E-state index contributed by atoms with van der Waals surface area (Å²) in [6.45, 7) is 0. The van der Waals surface area contributed by atoms with Crippen LogP contribution in [0.15, 0.2) is 108 Å². The van der Waals surface area contributed by atoms with Gasteiger partial charge in [-0.25, -0.2) is 0 Å². The smallest absolute Gasteiger partial charge is 0.0619 e. The molecule has 0 aliphatic heterocycles. The molecule has 8 rings (SSSR count). The third-order valence-corrected chi connectivity index (χ3v) is 8.66. The normalized spacial score (nSPS) is 17.8. The van der Waals surface area contributed by atoms with Crippen molar-refractivity contribution >= 4 is 15.9 Å². The molecule has 0 saturated carbocycles. The summed E-state index contributed by atoms with van der Waals surface area (Å²) < 4.78 is 1.17. The van der Waals surface area contributed by atoms with E-state index in [0.29, 0.717) is 0 Å². The first kappa shape index (κ1) is 18.1. The second kappa shape index (κ2) is 6.12. The van der Waals surface area contributed by atoms with Crippen molar-refractivity contribution in [2.24, 2.45) is 0 Å². The van der Waals surface area contributed by atoms with E-state index in [1.165, 1.54) is 71.2 Å². The van der Waals surface area contributed by atoms with Crippen molar-refractivity contribution in [3.05, 3.63) is 141 Å². The average molecular weight is 483 g/mol. The Bertz CT molecular complexity index is 1660. The molecular formula is C32H19Br. The van der Waals surface area contributed by atoms with E-state index in [1.807, 2.05) is 0 Å². The minimum atomic E-state index is -0.283. The number of hydrogen-bond acceptors (Lipinski definition) is 0. The van der Waals surface area contributed by atoms with E-state index in [2.05, 4.69) is 119 Å². The van der Waals surface area contributed by atoms with E-state index >= 15 is 0 Å². The molecule has 154 valence electrons. The number of rotatable bonds is 0. The fourth-order valence-corrected chi connectivity index (χ4v) is 7.47. The standard InChI is InChI=1S/C32H19Br/c33-29-15-7-14-28-30(29)24-11-4-6-13-27(24)32(28)26-12-5-3-10-22(26)23-17-16-21-20-9-2-1-8-19(20)18-25(21)31(23)32/h1-17H,18H2. The summed E-state index contributed by atoms with van der Waals surface area (Å²) in [5, 5.41) is 0. The molecule has 5 aromatic rings. The molecule has 0 bridgehead atoms. The number of halogens is 1. The molecule has 33 heavy (non-hydrogen) atoms. The molecule has 1 spiro atoms. The Balaban J connectivity index is 1.60. The van der Waals surface area contributed by atoms with Crippen LogP contribution in [0.2, 0.25) is 0 Å². The molecule has 0 saturated heterocycles. The van der Waals surface area contributed by atoms with Crippen molar-refractivity contribution in [2.75, 3.05) is 0 Å². The highest BCUT2D eigenvalue weighted by atomic mass is 79.9. The first-order chi connectivity index (χ1) is 16.3. The van der Waals surface area contributed by atoms with Gasteiger partial charge in [0.05, 0.1) is 5.41 Å². The zero-order valence-corrected chi connectivity index (χ0v) is 19.5. The first-order valence-corrected chi connectivity index (χ1v) is 12.3. The topological polar surface area (TPSA) is 0 Å². The maximum absolute atomic E-state index is 3.91. The van der Waals surface area contributed by atoms with Crippen molar-refractivity contribution in [2.45, 2.75) is 11.8 Å². The van der Waals surface area contributed by atoms with Crippen LogP contribution in [0.4, 0.5) is 0 Å². The summed E-state index contributed by atoms with van der Waals surface area (Å²) in [5.41, 5.74) is 16.6. The van der Waals surface area contributed by atoms with Crippen LogP contribution < -0.4 is 0 Å². The quantitative estimate of drug-likeness (QED) is 0.203. The Morgan fingerprint density at radius 2 is 1.15 bits per heavy atom. The van der Waals surface area contributed by atoms with E-state index < -0.39 is 0 Å². The van der Waals surface area contributed by atoms with Crippen molar-refractivity contribution in [3.63, 3.8) is 0 Å². The monoisotopic (exact) mass is 482 g/mol. The van der Waals surface area contributed by atoms with Gasteiger partial charge < -0.3 is 0 Å². The predicted octanol–water partition coefficient (Wildman–Crippen LogP) is 8.36. The van der Waals surface area contributed by atoms with Crippen LogP contribution in [0.25, 0.3) is 33.4 Å². The lowest BCUT2D eigenvalue weighted by Gasteiger charge is -2.32. The van der Waals surface area contributed by atoms with E-state index in [0.717, 1.165) is 6.42 Å². The lowest BCUT2D eigenvalue weighted by Crippen LogP contribution is -2.27. The van der Waals surface area contributed by atoms with Crippen molar-refractivity contribution < 1.29 is 0 Å². The summed E-state index contributed by atoms with van der Waals surface area (Å²) in [7, 11) is 0. The minimum absolute atomic E-state index is 0.283. The molecule has 0 fully saturated rings. The van der Waals surface area contributed by atoms with Gasteiger partial charge in [-0.2, -0.15) is 0 Å². The summed E-state index contributed by atoms with van der Waals surface area (Å²) >= 11 is 3.91. The molecule has 0 aromatic heterocycles. The lowest BCUT2D eigenvalue weighted by atomic mass is 9.69. The highest BCUT2D eigenvalue weighted by Crippen LogP contribution is 2.65. The molecule has 1 unspecified atom stereocenters. The summed E-state index contributed by atoms with van der Waals surface area (Å²) in [6.07, 6.45) is 0.996. The van der Waals surface area contributed by atoms with Crippen LogP contribution in [0.5, 0.6) is 0 Å². The molecule has 0 amide bonds. The Hall–Kier alpha value is -3.42. The first-order valence-electron chi connectivity index (χ1n) is 11.5. The minimum Gasteiger partial charge on any atom is -0.0619 e.